The summed E-state index contributed by atoms with van der Waals surface area (Å²) in [6, 6.07) is 0. The third-order valence-corrected chi connectivity index (χ3v) is 3.18. The molecule has 0 aliphatic carbocycles. The fourth-order valence-electron chi connectivity index (χ4n) is 0.809. The van der Waals surface area contributed by atoms with Gasteiger partial charge in [0, 0.05) is 0 Å². The molecular formula is C6H9NOS2. The van der Waals surface area contributed by atoms with E-state index in [1.807, 2.05) is 0 Å². The van der Waals surface area contributed by atoms with Gasteiger partial charge in [-0.1, -0.05) is 37.8 Å². The molecule has 1 aliphatic heterocycles. The minimum atomic E-state index is -0.0105. The second-order valence-electron chi connectivity index (χ2n) is 2.56. The average Bonchev–Trinajstić information content (AvgIpc) is 2.10. The van der Waals surface area contributed by atoms with Crippen LogP contribution < -0.4 is 5.32 Å². The van der Waals surface area contributed by atoms with Gasteiger partial charge in [0.25, 0.3) is 5.24 Å². The molecule has 4 heteroatoms. The van der Waals surface area contributed by atoms with Crippen molar-refractivity contribution in [3.05, 3.63) is 0 Å². The zero-order valence-electron chi connectivity index (χ0n) is 5.88. The van der Waals surface area contributed by atoms with E-state index >= 15 is 0 Å². The Hall–Kier alpha value is -0.0900. The first kappa shape index (κ1) is 8.01. The van der Waals surface area contributed by atoms with Gasteiger partial charge >= 0.3 is 0 Å². The number of hydrogen-bond acceptors (Lipinski definition) is 3. The molecule has 2 nitrogen and oxygen atoms in total. The summed E-state index contributed by atoms with van der Waals surface area (Å²) in [6.07, 6.45) is 0. The second-order valence-corrected chi connectivity index (χ2v) is 4.11. The maximum absolute atomic E-state index is 10.7. The summed E-state index contributed by atoms with van der Waals surface area (Å²) < 4.78 is 0. The third-order valence-electron chi connectivity index (χ3n) is 1.32. The van der Waals surface area contributed by atoms with Gasteiger partial charge < -0.3 is 5.32 Å². The normalized spacial score (nSPS) is 25.7. The van der Waals surface area contributed by atoms with E-state index in [2.05, 4.69) is 19.2 Å². The van der Waals surface area contributed by atoms with Crippen LogP contribution in [0, 0.1) is 5.92 Å². The lowest BCUT2D eigenvalue weighted by Gasteiger charge is -2.09. The Balaban J connectivity index is 2.63. The van der Waals surface area contributed by atoms with E-state index in [4.69, 9.17) is 12.2 Å². The van der Waals surface area contributed by atoms with Crippen LogP contribution in [0.3, 0.4) is 0 Å². The zero-order valence-corrected chi connectivity index (χ0v) is 7.51. The highest BCUT2D eigenvalue weighted by atomic mass is 32.2. The molecule has 0 bridgehead atoms. The van der Waals surface area contributed by atoms with Crippen molar-refractivity contribution < 1.29 is 4.79 Å². The van der Waals surface area contributed by atoms with Gasteiger partial charge in [0.2, 0.25) is 0 Å². The predicted molar refractivity (Wildman–Crippen MR) is 47.3 cm³/mol. The Morgan fingerprint density at radius 2 is 2.30 bits per heavy atom. The number of thioether (sulfide) groups is 1. The number of nitrogens with one attached hydrogen (secondary N) is 1. The molecule has 1 N–H and O–H groups in total. The molecular weight excluding hydrogens is 166 g/mol. The van der Waals surface area contributed by atoms with Crippen molar-refractivity contribution in [2.24, 2.45) is 5.92 Å². The Labute approximate surface area is 69.8 Å². The Bertz CT molecular complexity index is 179. The quantitative estimate of drug-likeness (QED) is 0.616. The smallest absolute Gasteiger partial charge is 0.284 e. The van der Waals surface area contributed by atoms with Gasteiger partial charge in [0.1, 0.15) is 0 Å². The molecule has 1 amide bonds. The van der Waals surface area contributed by atoms with Gasteiger partial charge in [-0.15, -0.1) is 0 Å². The summed E-state index contributed by atoms with van der Waals surface area (Å²) in [5, 5.41) is 2.79. The van der Waals surface area contributed by atoms with Gasteiger partial charge in [-0.3, -0.25) is 4.79 Å². The minimum Gasteiger partial charge on any atom is -0.310 e. The fraction of sp³-hybridized carbons (Fsp3) is 0.667. The maximum Gasteiger partial charge on any atom is 0.284 e. The molecule has 1 saturated heterocycles. The van der Waals surface area contributed by atoms with Crippen LogP contribution in [0.4, 0.5) is 4.79 Å². The number of thiocarbonyl (C=S) groups is 1. The van der Waals surface area contributed by atoms with Gasteiger partial charge in [-0.05, 0) is 5.92 Å². The van der Waals surface area contributed by atoms with E-state index in [0.29, 0.717) is 10.9 Å². The van der Waals surface area contributed by atoms with Crippen molar-refractivity contribution in [2.75, 3.05) is 0 Å². The first-order valence-corrected chi connectivity index (χ1v) is 4.41. The van der Waals surface area contributed by atoms with Crippen LogP contribution in [0.25, 0.3) is 0 Å². The van der Waals surface area contributed by atoms with E-state index in [1.54, 1.807) is 0 Å². The van der Waals surface area contributed by atoms with Gasteiger partial charge in [-0.2, -0.15) is 0 Å². The van der Waals surface area contributed by atoms with Crippen molar-refractivity contribution in [3.63, 3.8) is 0 Å². The molecule has 1 aliphatic rings. The predicted octanol–water partition coefficient (Wildman–Crippen LogP) is 1.79. The monoisotopic (exact) mass is 175 g/mol. The van der Waals surface area contributed by atoms with E-state index in [1.165, 1.54) is 11.8 Å². The van der Waals surface area contributed by atoms with Crippen LogP contribution in [0.2, 0.25) is 0 Å². The highest BCUT2D eigenvalue weighted by Gasteiger charge is 2.30. The van der Waals surface area contributed by atoms with Crippen molar-refractivity contribution >= 4 is 34.2 Å². The molecule has 0 aromatic rings. The minimum absolute atomic E-state index is 0.0105. The fourth-order valence-corrected chi connectivity index (χ4v) is 2.22. The molecule has 0 aromatic heterocycles. The van der Waals surface area contributed by atoms with Crippen LogP contribution in [-0.2, 0) is 0 Å². The molecule has 56 valence electrons. The molecule has 10 heavy (non-hydrogen) atoms. The maximum atomic E-state index is 10.7. The lowest BCUT2D eigenvalue weighted by atomic mass is 10.1. The van der Waals surface area contributed by atoms with Crippen LogP contribution in [0.5, 0.6) is 0 Å². The highest BCUT2D eigenvalue weighted by Crippen LogP contribution is 2.25. The average molecular weight is 175 g/mol. The van der Waals surface area contributed by atoms with E-state index in [-0.39, 0.29) is 10.5 Å². The van der Waals surface area contributed by atoms with Gasteiger partial charge in [0.15, 0.2) is 0 Å². The third kappa shape index (κ3) is 1.49. The Morgan fingerprint density at radius 1 is 1.70 bits per heavy atom. The van der Waals surface area contributed by atoms with Crippen LogP contribution in [0.1, 0.15) is 13.8 Å². The topological polar surface area (TPSA) is 29.1 Å². The molecule has 0 spiro atoms. The number of carbonyl (C=O) groups excluding carboxylic acids is 1. The number of amides is 1. The first-order valence-electron chi connectivity index (χ1n) is 3.12. The van der Waals surface area contributed by atoms with Crippen LogP contribution in [-0.4, -0.2) is 15.5 Å². The lowest BCUT2D eigenvalue weighted by Crippen LogP contribution is -2.25. The molecule has 1 atom stereocenters. The standard InChI is InChI=1S/C6H9NOS2/c1-3(2)4-5(9)7-6(8)10-4/h3-4H,1-2H3,(H,7,8,9). The number of rotatable bonds is 1. The highest BCUT2D eigenvalue weighted by molar-refractivity contribution is 8.16. The van der Waals surface area contributed by atoms with Gasteiger partial charge in [0.05, 0.1) is 10.2 Å². The molecule has 1 heterocycles. The summed E-state index contributed by atoms with van der Waals surface area (Å²) in [5.74, 6) is 0.441. The summed E-state index contributed by atoms with van der Waals surface area (Å²) in [6.45, 7) is 4.12. The van der Waals surface area contributed by atoms with Crippen molar-refractivity contribution in [2.45, 2.75) is 19.1 Å². The molecule has 1 fully saturated rings. The van der Waals surface area contributed by atoms with Crippen molar-refractivity contribution in [3.8, 4) is 0 Å². The molecule has 1 unspecified atom stereocenters. The SMILES string of the molecule is CC(C)C1SC(=O)NC1=S. The van der Waals surface area contributed by atoms with Crippen molar-refractivity contribution in [1.82, 2.24) is 5.32 Å². The van der Waals surface area contributed by atoms with Gasteiger partial charge in [-0.25, -0.2) is 0 Å². The number of carbonyl (C=O) groups is 1. The van der Waals surface area contributed by atoms with Crippen LogP contribution in [0.15, 0.2) is 0 Å². The zero-order chi connectivity index (χ0) is 7.72. The van der Waals surface area contributed by atoms with E-state index in [0.717, 1.165) is 0 Å². The summed E-state index contributed by atoms with van der Waals surface area (Å²) >= 11 is 6.23. The van der Waals surface area contributed by atoms with E-state index < -0.39 is 0 Å². The number of hydrogen-bond donors (Lipinski definition) is 1. The second kappa shape index (κ2) is 2.88. The lowest BCUT2D eigenvalue weighted by molar-refractivity contribution is 0.265. The van der Waals surface area contributed by atoms with Crippen LogP contribution >= 0.6 is 24.0 Å². The Morgan fingerprint density at radius 3 is 2.50 bits per heavy atom. The summed E-state index contributed by atoms with van der Waals surface area (Å²) in [4.78, 5) is 11.4. The molecule has 0 saturated carbocycles. The summed E-state index contributed by atoms with van der Waals surface area (Å²) in [7, 11) is 0. The first-order chi connectivity index (χ1) is 4.61. The summed E-state index contributed by atoms with van der Waals surface area (Å²) in [5.41, 5.74) is 0. The molecule has 1 rings (SSSR count). The molecule has 0 radical (unpaired) electrons. The molecule has 0 aromatic carbocycles. The Kier molecular flexibility index (Phi) is 2.31. The largest absolute Gasteiger partial charge is 0.310 e. The van der Waals surface area contributed by atoms with E-state index in [9.17, 15) is 4.79 Å². The van der Waals surface area contributed by atoms with Crippen molar-refractivity contribution in [1.29, 1.82) is 0 Å².